The van der Waals surface area contributed by atoms with Gasteiger partial charge in [-0.1, -0.05) is 0 Å². The molecule has 3 amide bonds. The standard InChI is InChI=1S/C10H19N3O2/c1-8(14)13-6-5-9(7-13)12(4)10(15)11(2)3/h9H,5-7H2,1-4H3. The van der Waals surface area contributed by atoms with Crippen LogP contribution in [0.4, 0.5) is 4.79 Å². The maximum atomic E-state index is 11.7. The number of hydrogen-bond acceptors (Lipinski definition) is 2. The molecule has 0 aromatic heterocycles. The fourth-order valence-corrected chi connectivity index (χ4v) is 1.82. The number of likely N-dealkylation sites (tertiary alicyclic amines) is 1. The van der Waals surface area contributed by atoms with Crippen LogP contribution in [0.1, 0.15) is 13.3 Å². The van der Waals surface area contributed by atoms with Gasteiger partial charge in [0.2, 0.25) is 5.91 Å². The zero-order chi connectivity index (χ0) is 11.6. The van der Waals surface area contributed by atoms with Gasteiger partial charge in [-0.15, -0.1) is 0 Å². The lowest BCUT2D eigenvalue weighted by Gasteiger charge is -2.27. The van der Waals surface area contributed by atoms with Gasteiger partial charge >= 0.3 is 6.03 Å². The van der Waals surface area contributed by atoms with Crippen molar-refractivity contribution >= 4 is 11.9 Å². The van der Waals surface area contributed by atoms with E-state index in [-0.39, 0.29) is 18.0 Å². The van der Waals surface area contributed by atoms with Gasteiger partial charge in [0.05, 0.1) is 6.04 Å². The van der Waals surface area contributed by atoms with Crippen LogP contribution in [0.25, 0.3) is 0 Å². The summed E-state index contributed by atoms with van der Waals surface area (Å²) in [5, 5.41) is 0. The minimum absolute atomic E-state index is 0.00889. The van der Waals surface area contributed by atoms with E-state index in [4.69, 9.17) is 0 Å². The van der Waals surface area contributed by atoms with E-state index in [9.17, 15) is 9.59 Å². The molecule has 0 aromatic rings. The van der Waals surface area contributed by atoms with Crippen molar-refractivity contribution in [3.8, 4) is 0 Å². The van der Waals surface area contributed by atoms with Gasteiger partial charge in [-0.3, -0.25) is 4.79 Å². The van der Waals surface area contributed by atoms with Crippen molar-refractivity contribution in [1.82, 2.24) is 14.7 Å². The maximum absolute atomic E-state index is 11.7. The van der Waals surface area contributed by atoms with Crippen LogP contribution in [0.3, 0.4) is 0 Å². The summed E-state index contributed by atoms with van der Waals surface area (Å²) in [6.45, 7) is 2.98. The topological polar surface area (TPSA) is 43.9 Å². The van der Waals surface area contributed by atoms with Crippen molar-refractivity contribution in [2.45, 2.75) is 19.4 Å². The predicted molar refractivity (Wildman–Crippen MR) is 57.5 cm³/mol. The van der Waals surface area contributed by atoms with Gasteiger partial charge < -0.3 is 14.7 Å². The number of carbonyl (C=O) groups excluding carboxylic acids is 2. The molecule has 5 nitrogen and oxygen atoms in total. The van der Waals surface area contributed by atoms with Crippen LogP contribution >= 0.6 is 0 Å². The molecule has 0 spiro atoms. The van der Waals surface area contributed by atoms with Crippen molar-refractivity contribution in [2.24, 2.45) is 0 Å². The number of urea groups is 1. The Kier molecular flexibility index (Phi) is 3.55. The molecule has 0 aliphatic carbocycles. The van der Waals surface area contributed by atoms with Gasteiger partial charge in [0, 0.05) is 41.2 Å². The molecule has 0 saturated carbocycles. The van der Waals surface area contributed by atoms with Gasteiger partial charge in [-0.25, -0.2) is 4.79 Å². The molecule has 1 aliphatic rings. The molecule has 0 radical (unpaired) electrons. The van der Waals surface area contributed by atoms with Crippen LogP contribution in [0, 0.1) is 0 Å². The molecule has 86 valence electrons. The average Bonchev–Trinajstić information content (AvgIpc) is 2.64. The highest BCUT2D eigenvalue weighted by Crippen LogP contribution is 2.15. The molecule has 1 atom stereocenters. The first kappa shape index (κ1) is 11.8. The van der Waals surface area contributed by atoms with Crippen molar-refractivity contribution < 1.29 is 9.59 Å². The third-order valence-electron chi connectivity index (χ3n) is 2.84. The van der Waals surface area contributed by atoms with Crippen LogP contribution < -0.4 is 0 Å². The second-order valence-electron chi connectivity index (χ2n) is 4.20. The molecular formula is C10H19N3O2. The van der Waals surface area contributed by atoms with Crippen molar-refractivity contribution in [2.75, 3.05) is 34.2 Å². The Bertz CT molecular complexity index is 265. The molecule has 1 aliphatic heterocycles. The van der Waals surface area contributed by atoms with E-state index in [2.05, 4.69) is 0 Å². The number of nitrogens with zero attached hydrogens (tertiary/aromatic N) is 3. The van der Waals surface area contributed by atoms with Gasteiger partial charge in [0.15, 0.2) is 0 Å². The predicted octanol–water partition coefficient (Wildman–Crippen LogP) is 0.221. The number of likely N-dealkylation sites (N-methyl/N-ethyl adjacent to an activating group) is 1. The number of hydrogen-bond donors (Lipinski definition) is 0. The molecule has 15 heavy (non-hydrogen) atoms. The highest BCUT2D eigenvalue weighted by atomic mass is 16.2. The lowest BCUT2D eigenvalue weighted by atomic mass is 10.2. The lowest BCUT2D eigenvalue weighted by molar-refractivity contribution is -0.127. The molecule has 0 bridgehead atoms. The third kappa shape index (κ3) is 2.61. The zero-order valence-electron chi connectivity index (χ0n) is 9.86. The van der Waals surface area contributed by atoms with Gasteiger partial charge in [-0.05, 0) is 6.42 Å². The molecule has 1 heterocycles. The van der Waals surface area contributed by atoms with Gasteiger partial charge in [0.25, 0.3) is 0 Å². The molecule has 1 saturated heterocycles. The third-order valence-corrected chi connectivity index (χ3v) is 2.84. The molecule has 1 rings (SSSR count). The molecule has 5 heteroatoms. The minimum Gasteiger partial charge on any atom is -0.341 e. The Labute approximate surface area is 90.6 Å². The Hall–Kier alpha value is -1.26. The monoisotopic (exact) mass is 213 g/mol. The van der Waals surface area contributed by atoms with Crippen molar-refractivity contribution in [3.63, 3.8) is 0 Å². The van der Waals surface area contributed by atoms with Gasteiger partial charge in [0.1, 0.15) is 0 Å². The van der Waals surface area contributed by atoms with Crippen molar-refractivity contribution in [3.05, 3.63) is 0 Å². The normalized spacial score (nSPS) is 20.3. The van der Waals surface area contributed by atoms with Crippen LogP contribution in [-0.2, 0) is 4.79 Å². The SMILES string of the molecule is CC(=O)N1CCC(N(C)C(=O)N(C)C)C1. The second kappa shape index (κ2) is 4.51. The quantitative estimate of drug-likeness (QED) is 0.625. The largest absolute Gasteiger partial charge is 0.341 e. The Balaban J connectivity index is 2.53. The van der Waals surface area contributed by atoms with Crippen LogP contribution in [-0.4, -0.2) is 66.9 Å². The average molecular weight is 213 g/mol. The van der Waals surface area contributed by atoms with E-state index in [1.807, 2.05) is 0 Å². The maximum Gasteiger partial charge on any atom is 0.319 e. The summed E-state index contributed by atoms with van der Waals surface area (Å²) >= 11 is 0. The van der Waals surface area contributed by atoms with Crippen LogP contribution in [0.15, 0.2) is 0 Å². The molecule has 1 unspecified atom stereocenters. The van der Waals surface area contributed by atoms with Crippen LogP contribution in [0.5, 0.6) is 0 Å². The lowest BCUT2D eigenvalue weighted by Crippen LogP contribution is -2.44. The van der Waals surface area contributed by atoms with Crippen molar-refractivity contribution in [1.29, 1.82) is 0 Å². The Morgan fingerprint density at radius 1 is 1.27 bits per heavy atom. The smallest absolute Gasteiger partial charge is 0.319 e. The van der Waals surface area contributed by atoms with E-state index in [1.165, 1.54) is 0 Å². The highest BCUT2D eigenvalue weighted by Gasteiger charge is 2.29. The van der Waals surface area contributed by atoms with E-state index < -0.39 is 0 Å². The van der Waals surface area contributed by atoms with Crippen LogP contribution in [0.2, 0.25) is 0 Å². The first-order chi connectivity index (χ1) is 6.93. The second-order valence-corrected chi connectivity index (χ2v) is 4.20. The summed E-state index contributed by atoms with van der Waals surface area (Å²) in [6, 6.07) is 0.147. The zero-order valence-corrected chi connectivity index (χ0v) is 9.86. The summed E-state index contributed by atoms with van der Waals surface area (Å²) in [7, 11) is 5.25. The molecular weight excluding hydrogens is 194 g/mol. The fourth-order valence-electron chi connectivity index (χ4n) is 1.82. The minimum atomic E-state index is -0.00889. The summed E-state index contributed by atoms with van der Waals surface area (Å²) in [5.74, 6) is 0.0863. The summed E-state index contributed by atoms with van der Waals surface area (Å²) in [6.07, 6.45) is 0.871. The van der Waals surface area contributed by atoms with Gasteiger partial charge in [-0.2, -0.15) is 0 Å². The first-order valence-corrected chi connectivity index (χ1v) is 5.13. The Morgan fingerprint density at radius 2 is 1.87 bits per heavy atom. The number of carbonyl (C=O) groups is 2. The van der Waals surface area contributed by atoms with E-state index in [0.717, 1.165) is 13.0 Å². The summed E-state index contributed by atoms with van der Waals surface area (Å²) in [5.41, 5.74) is 0. The van der Waals surface area contributed by atoms with E-state index >= 15 is 0 Å². The van der Waals surface area contributed by atoms with E-state index in [1.54, 1.807) is 42.8 Å². The fraction of sp³-hybridized carbons (Fsp3) is 0.800. The summed E-state index contributed by atoms with van der Waals surface area (Å²) < 4.78 is 0. The summed E-state index contributed by atoms with van der Waals surface area (Å²) in [4.78, 5) is 27.8. The Morgan fingerprint density at radius 3 is 2.27 bits per heavy atom. The highest BCUT2D eigenvalue weighted by molar-refractivity contribution is 5.75. The number of rotatable bonds is 1. The number of amides is 3. The van der Waals surface area contributed by atoms with E-state index in [0.29, 0.717) is 6.54 Å². The molecule has 0 aromatic carbocycles. The molecule has 0 N–H and O–H groups in total. The molecule has 1 fully saturated rings. The first-order valence-electron chi connectivity index (χ1n) is 5.13.